The van der Waals surface area contributed by atoms with Gasteiger partial charge in [0.1, 0.15) is 22.7 Å². The van der Waals surface area contributed by atoms with Crippen molar-refractivity contribution in [3.63, 3.8) is 0 Å². The van der Waals surface area contributed by atoms with Gasteiger partial charge in [0.2, 0.25) is 0 Å². The number of furan rings is 1. The van der Waals surface area contributed by atoms with Crippen LogP contribution in [0, 0.1) is 0 Å². The molecule has 0 atom stereocenters. The molecule has 0 aliphatic carbocycles. The second-order valence-corrected chi connectivity index (χ2v) is 10.8. The van der Waals surface area contributed by atoms with E-state index in [-0.39, 0.29) is 6.71 Å². The van der Waals surface area contributed by atoms with Crippen LogP contribution >= 0.6 is 0 Å². The van der Waals surface area contributed by atoms with Gasteiger partial charge in [-0.05, 0) is 46.7 Å². The van der Waals surface area contributed by atoms with Crippen LogP contribution in [0.5, 0.6) is 11.5 Å². The maximum atomic E-state index is 7.03. The molecule has 40 heavy (non-hydrogen) atoms. The van der Waals surface area contributed by atoms with Gasteiger partial charge in [-0.2, -0.15) is 0 Å². The van der Waals surface area contributed by atoms with Gasteiger partial charge >= 0.3 is 0 Å². The standard InChI is InChI=1S/C36H20BNO2/c1-5-16-29-21(10-1)24-20-25-22-12-9-15-28(37-26-13-3-7-18-31(26)39-32-19-8-4-14-27(32)37)35(22)40-36(25)33-23-11-2-6-17-30(23)38(29)34(24)33/h1-20H. The van der Waals surface area contributed by atoms with E-state index in [9.17, 15) is 0 Å². The molecule has 1 aliphatic rings. The summed E-state index contributed by atoms with van der Waals surface area (Å²) in [4.78, 5) is 0. The Morgan fingerprint density at radius 1 is 0.475 bits per heavy atom. The average Bonchev–Trinajstić information content (AvgIpc) is 3.66. The van der Waals surface area contributed by atoms with E-state index in [0.717, 1.165) is 49.8 Å². The lowest BCUT2D eigenvalue weighted by Gasteiger charge is -2.26. The van der Waals surface area contributed by atoms with Crippen LogP contribution < -0.4 is 21.1 Å². The van der Waals surface area contributed by atoms with Crippen LogP contribution in [0.2, 0.25) is 0 Å². The van der Waals surface area contributed by atoms with Gasteiger partial charge in [-0.3, -0.25) is 0 Å². The van der Waals surface area contributed by atoms with Crippen molar-refractivity contribution in [2.24, 2.45) is 0 Å². The predicted octanol–water partition coefficient (Wildman–Crippen LogP) is 7.36. The van der Waals surface area contributed by atoms with Crippen molar-refractivity contribution in [1.29, 1.82) is 0 Å². The molecule has 0 amide bonds. The largest absolute Gasteiger partial charge is 0.458 e. The summed E-state index contributed by atoms with van der Waals surface area (Å²) < 4.78 is 15.8. The van der Waals surface area contributed by atoms with E-state index in [2.05, 4.69) is 114 Å². The van der Waals surface area contributed by atoms with Crippen LogP contribution in [0.4, 0.5) is 0 Å². The second kappa shape index (κ2) is 7.25. The Bertz CT molecular complexity index is 2440. The molecule has 0 saturated carbocycles. The molecule has 9 aromatic rings. The lowest BCUT2D eigenvalue weighted by Crippen LogP contribution is -2.54. The number of hydrogen-bond donors (Lipinski definition) is 0. The van der Waals surface area contributed by atoms with Gasteiger partial charge in [0.05, 0.1) is 21.9 Å². The van der Waals surface area contributed by atoms with Crippen LogP contribution in [-0.4, -0.2) is 11.1 Å². The third kappa shape index (κ3) is 2.43. The maximum absolute atomic E-state index is 7.03. The number of hydrogen-bond acceptors (Lipinski definition) is 2. The lowest BCUT2D eigenvalue weighted by atomic mass is 9.35. The van der Waals surface area contributed by atoms with Crippen molar-refractivity contribution < 1.29 is 9.15 Å². The Kier molecular flexibility index (Phi) is 3.75. The van der Waals surface area contributed by atoms with Crippen molar-refractivity contribution in [3.8, 4) is 11.5 Å². The van der Waals surface area contributed by atoms with E-state index in [1.54, 1.807) is 0 Å². The molecular formula is C36H20BNO2. The van der Waals surface area contributed by atoms with Crippen molar-refractivity contribution in [1.82, 2.24) is 4.40 Å². The third-order valence-electron chi connectivity index (χ3n) is 8.86. The Hall–Kier alpha value is -5.22. The summed E-state index contributed by atoms with van der Waals surface area (Å²) in [6.45, 7) is 0.00958. The highest BCUT2D eigenvalue weighted by Gasteiger charge is 2.34. The molecule has 1 aliphatic heterocycles. The highest BCUT2D eigenvalue weighted by atomic mass is 16.5. The molecule has 0 saturated heterocycles. The molecule has 3 nitrogen and oxygen atoms in total. The monoisotopic (exact) mass is 509 g/mol. The number of rotatable bonds is 1. The summed E-state index contributed by atoms with van der Waals surface area (Å²) in [5, 5.41) is 7.26. The van der Waals surface area contributed by atoms with Crippen LogP contribution in [0.1, 0.15) is 0 Å². The molecular weight excluding hydrogens is 489 g/mol. The minimum absolute atomic E-state index is 0.00958. The van der Waals surface area contributed by atoms with Crippen LogP contribution in [-0.2, 0) is 0 Å². The molecule has 0 spiro atoms. The van der Waals surface area contributed by atoms with E-state index in [1.165, 1.54) is 38.1 Å². The zero-order valence-electron chi connectivity index (χ0n) is 21.4. The zero-order valence-corrected chi connectivity index (χ0v) is 21.4. The lowest BCUT2D eigenvalue weighted by molar-refractivity contribution is 0.487. The molecule has 10 rings (SSSR count). The van der Waals surface area contributed by atoms with E-state index in [0.29, 0.717) is 0 Å². The number of ether oxygens (including phenoxy) is 1. The molecule has 3 aromatic heterocycles. The average molecular weight is 509 g/mol. The highest BCUT2D eigenvalue weighted by Crippen LogP contribution is 2.45. The minimum atomic E-state index is 0.00958. The maximum Gasteiger partial charge on any atom is 0.255 e. The first-order chi connectivity index (χ1) is 19.9. The fourth-order valence-electron chi connectivity index (χ4n) is 7.25. The summed E-state index contributed by atoms with van der Waals surface area (Å²) in [5.41, 5.74) is 9.06. The summed E-state index contributed by atoms with van der Waals surface area (Å²) in [6.07, 6.45) is 0. The fraction of sp³-hybridized carbons (Fsp3) is 0. The van der Waals surface area contributed by atoms with Crippen LogP contribution in [0.15, 0.2) is 126 Å². The first-order valence-corrected chi connectivity index (χ1v) is 13.7. The molecule has 184 valence electrons. The van der Waals surface area contributed by atoms with Gasteiger partial charge in [0.15, 0.2) is 0 Å². The smallest absolute Gasteiger partial charge is 0.255 e. The van der Waals surface area contributed by atoms with E-state index in [1.807, 2.05) is 12.1 Å². The Morgan fingerprint density at radius 3 is 1.85 bits per heavy atom. The summed E-state index contributed by atoms with van der Waals surface area (Å²) in [7, 11) is 0. The van der Waals surface area contributed by atoms with E-state index >= 15 is 0 Å². The SMILES string of the molecule is c1ccc2c(c1)Oc1ccccc1B2c1cccc2c1oc1c2cc2c3ccccc3n3c4ccccc4c1c23. The van der Waals surface area contributed by atoms with Gasteiger partial charge in [-0.15, -0.1) is 0 Å². The first kappa shape index (κ1) is 20.7. The molecule has 0 bridgehead atoms. The second-order valence-electron chi connectivity index (χ2n) is 10.8. The number of aromatic nitrogens is 1. The molecule has 0 fully saturated rings. The Balaban J connectivity index is 1.38. The summed E-state index contributed by atoms with van der Waals surface area (Å²) in [6, 6.07) is 43.1. The van der Waals surface area contributed by atoms with Crippen LogP contribution in [0.3, 0.4) is 0 Å². The van der Waals surface area contributed by atoms with Gasteiger partial charge in [0.25, 0.3) is 6.71 Å². The molecule has 0 radical (unpaired) electrons. The molecule has 6 aromatic carbocycles. The van der Waals surface area contributed by atoms with Gasteiger partial charge in [-0.1, -0.05) is 91.0 Å². The third-order valence-corrected chi connectivity index (χ3v) is 8.86. The first-order valence-electron chi connectivity index (χ1n) is 13.7. The highest BCUT2D eigenvalue weighted by molar-refractivity contribution is 6.98. The normalized spacial score (nSPS) is 13.2. The molecule has 4 heteroatoms. The van der Waals surface area contributed by atoms with Crippen molar-refractivity contribution in [3.05, 3.63) is 121 Å². The number of para-hydroxylation sites is 5. The molecule has 0 unspecified atom stereocenters. The van der Waals surface area contributed by atoms with Crippen molar-refractivity contribution in [2.75, 3.05) is 0 Å². The number of benzene rings is 6. The summed E-state index contributed by atoms with van der Waals surface area (Å²) >= 11 is 0. The Morgan fingerprint density at radius 2 is 1.07 bits per heavy atom. The molecule has 0 N–H and O–H groups in total. The van der Waals surface area contributed by atoms with E-state index < -0.39 is 0 Å². The quantitative estimate of drug-likeness (QED) is 0.216. The minimum Gasteiger partial charge on any atom is -0.458 e. The zero-order chi connectivity index (χ0) is 25.9. The molecule has 4 heterocycles. The van der Waals surface area contributed by atoms with Crippen molar-refractivity contribution >= 4 is 83.1 Å². The van der Waals surface area contributed by atoms with Crippen molar-refractivity contribution in [2.45, 2.75) is 0 Å². The van der Waals surface area contributed by atoms with E-state index in [4.69, 9.17) is 9.15 Å². The Labute approximate surface area is 229 Å². The number of fused-ring (bicyclic) bond motifs is 12. The predicted molar refractivity (Wildman–Crippen MR) is 166 cm³/mol. The summed E-state index contributed by atoms with van der Waals surface area (Å²) in [5.74, 6) is 1.80. The topological polar surface area (TPSA) is 26.8 Å². The fourth-order valence-corrected chi connectivity index (χ4v) is 7.25. The number of nitrogens with zero attached hydrogens (tertiary/aromatic N) is 1. The van der Waals surface area contributed by atoms with Crippen LogP contribution in [0.25, 0.3) is 60.0 Å². The van der Waals surface area contributed by atoms with Gasteiger partial charge < -0.3 is 13.6 Å². The van der Waals surface area contributed by atoms with Gasteiger partial charge in [0, 0.05) is 26.9 Å². The van der Waals surface area contributed by atoms with Gasteiger partial charge in [-0.25, -0.2) is 0 Å².